The highest BCUT2D eigenvalue weighted by molar-refractivity contribution is 4.89. The molecule has 1 saturated heterocycles. The SMILES string of the molecule is COCC1CC(C(F)(F)F)CN1CC(F)(F)F. The van der Waals surface area contributed by atoms with Crippen LogP contribution in [0.5, 0.6) is 0 Å². The predicted octanol–water partition coefficient (Wildman–Crippen LogP) is 2.45. The first-order chi connectivity index (χ1) is 7.63. The van der Waals surface area contributed by atoms with Gasteiger partial charge < -0.3 is 4.74 Å². The van der Waals surface area contributed by atoms with E-state index in [0.717, 1.165) is 4.90 Å². The van der Waals surface area contributed by atoms with Gasteiger partial charge in [0.15, 0.2) is 0 Å². The fraction of sp³-hybridized carbons (Fsp3) is 1.00. The summed E-state index contributed by atoms with van der Waals surface area (Å²) in [7, 11) is 1.26. The lowest BCUT2D eigenvalue weighted by Crippen LogP contribution is -2.40. The van der Waals surface area contributed by atoms with Gasteiger partial charge in [0.1, 0.15) is 0 Å². The first-order valence-corrected chi connectivity index (χ1v) is 5.00. The summed E-state index contributed by atoms with van der Waals surface area (Å²) in [5, 5.41) is 0. The molecule has 2 unspecified atom stereocenters. The molecule has 1 aliphatic heterocycles. The summed E-state index contributed by atoms with van der Waals surface area (Å²) in [6.07, 6.45) is -9.29. The van der Waals surface area contributed by atoms with E-state index in [1.165, 1.54) is 7.11 Å². The van der Waals surface area contributed by atoms with Crippen LogP contribution in [-0.4, -0.2) is 50.1 Å². The normalized spacial score (nSPS) is 27.7. The molecule has 102 valence electrons. The van der Waals surface area contributed by atoms with Crippen LogP contribution < -0.4 is 0 Å². The van der Waals surface area contributed by atoms with E-state index >= 15 is 0 Å². The summed E-state index contributed by atoms with van der Waals surface area (Å²) in [4.78, 5) is 0.793. The molecular weight excluding hydrogens is 252 g/mol. The first-order valence-electron chi connectivity index (χ1n) is 5.00. The molecule has 0 bridgehead atoms. The first kappa shape index (κ1) is 14.6. The van der Waals surface area contributed by atoms with Gasteiger partial charge in [-0.15, -0.1) is 0 Å². The Morgan fingerprint density at radius 2 is 1.76 bits per heavy atom. The summed E-state index contributed by atoms with van der Waals surface area (Å²) in [5.74, 6) is -1.70. The van der Waals surface area contributed by atoms with Crippen LogP contribution in [0.25, 0.3) is 0 Å². The fourth-order valence-electron chi connectivity index (χ4n) is 2.01. The zero-order chi connectivity index (χ0) is 13.3. The zero-order valence-electron chi connectivity index (χ0n) is 9.11. The van der Waals surface area contributed by atoms with Crippen molar-refractivity contribution in [2.45, 2.75) is 24.8 Å². The number of ether oxygens (including phenoxy) is 1. The molecule has 0 aromatic rings. The minimum Gasteiger partial charge on any atom is -0.383 e. The van der Waals surface area contributed by atoms with Gasteiger partial charge in [-0.25, -0.2) is 0 Å². The standard InChI is InChI=1S/C9H13F6NO/c1-17-4-7-2-6(9(13,14)15)3-16(7)5-8(10,11)12/h6-7H,2-5H2,1H3. The Balaban J connectivity index is 2.67. The van der Waals surface area contributed by atoms with Crippen molar-refractivity contribution < 1.29 is 31.1 Å². The van der Waals surface area contributed by atoms with Gasteiger partial charge in [-0.2, -0.15) is 26.3 Å². The molecule has 0 aromatic carbocycles. The van der Waals surface area contributed by atoms with Gasteiger partial charge in [-0.05, 0) is 6.42 Å². The van der Waals surface area contributed by atoms with Crippen molar-refractivity contribution in [3.05, 3.63) is 0 Å². The molecule has 0 radical (unpaired) electrons. The number of rotatable bonds is 3. The van der Waals surface area contributed by atoms with Crippen molar-refractivity contribution in [1.29, 1.82) is 0 Å². The molecule has 0 aromatic heterocycles. The van der Waals surface area contributed by atoms with Gasteiger partial charge in [0.25, 0.3) is 0 Å². The van der Waals surface area contributed by atoms with Gasteiger partial charge in [0.05, 0.1) is 19.1 Å². The maximum absolute atomic E-state index is 12.4. The van der Waals surface area contributed by atoms with E-state index in [-0.39, 0.29) is 13.0 Å². The highest BCUT2D eigenvalue weighted by atomic mass is 19.4. The van der Waals surface area contributed by atoms with Gasteiger partial charge in [0.2, 0.25) is 0 Å². The molecule has 17 heavy (non-hydrogen) atoms. The van der Waals surface area contributed by atoms with Gasteiger partial charge in [0, 0.05) is 19.7 Å². The Kier molecular flexibility index (Phi) is 4.29. The average Bonchev–Trinajstić information content (AvgIpc) is 2.45. The smallest absolute Gasteiger partial charge is 0.383 e. The van der Waals surface area contributed by atoms with Gasteiger partial charge in [-0.1, -0.05) is 0 Å². The van der Waals surface area contributed by atoms with Gasteiger partial charge >= 0.3 is 12.4 Å². The topological polar surface area (TPSA) is 12.5 Å². The summed E-state index contributed by atoms with van der Waals surface area (Å²) >= 11 is 0. The van der Waals surface area contributed by atoms with Crippen molar-refractivity contribution >= 4 is 0 Å². The second-order valence-electron chi connectivity index (χ2n) is 4.13. The predicted molar refractivity (Wildman–Crippen MR) is 47.5 cm³/mol. The highest BCUT2D eigenvalue weighted by Crippen LogP contribution is 2.37. The zero-order valence-corrected chi connectivity index (χ0v) is 9.11. The van der Waals surface area contributed by atoms with Gasteiger partial charge in [-0.3, -0.25) is 4.90 Å². The second-order valence-corrected chi connectivity index (χ2v) is 4.13. The van der Waals surface area contributed by atoms with Crippen molar-refractivity contribution in [1.82, 2.24) is 4.90 Å². The van der Waals surface area contributed by atoms with Crippen molar-refractivity contribution in [3.8, 4) is 0 Å². The molecule has 2 nitrogen and oxygen atoms in total. The third kappa shape index (κ3) is 4.34. The summed E-state index contributed by atoms with van der Waals surface area (Å²) < 4.78 is 78.5. The van der Waals surface area contributed by atoms with Crippen LogP contribution in [-0.2, 0) is 4.74 Å². The molecule has 1 heterocycles. The van der Waals surface area contributed by atoms with Crippen LogP contribution in [0.1, 0.15) is 6.42 Å². The van der Waals surface area contributed by atoms with Crippen LogP contribution in [0.4, 0.5) is 26.3 Å². The Bertz CT molecular complexity index is 251. The van der Waals surface area contributed by atoms with Crippen molar-refractivity contribution in [3.63, 3.8) is 0 Å². The molecule has 1 rings (SSSR count). The number of alkyl halides is 6. The summed E-state index contributed by atoms with van der Waals surface area (Å²) in [6.45, 7) is -2.06. The van der Waals surface area contributed by atoms with E-state index in [2.05, 4.69) is 4.74 Å². The van der Waals surface area contributed by atoms with E-state index in [9.17, 15) is 26.3 Å². The lowest BCUT2D eigenvalue weighted by atomic mass is 10.1. The number of likely N-dealkylation sites (tertiary alicyclic amines) is 1. The quantitative estimate of drug-likeness (QED) is 0.727. The molecule has 0 amide bonds. The third-order valence-electron chi connectivity index (χ3n) is 2.73. The second kappa shape index (κ2) is 5.01. The number of methoxy groups -OCH3 is 1. The van der Waals surface area contributed by atoms with Crippen LogP contribution in [0.3, 0.4) is 0 Å². The Labute approximate surface area is 94.5 Å². The van der Waals surface area contributed by atoms with Crippen LogP contribution in [0.15, 0.2) is 0 Å². The molecule has 8 heteroatoms. The number of hydrogen-bond acceptors (Lipinski definition) is 2. The minimum atomic E-state index is -4.49. The van der Waals surface area contributed by atoms with E-state index < -0.39 is 37.4 Å². The lowest BCUT2D eigenvalue weighted by molar-refractivity contribution is -0.175. The van der Waals surface area contributed by atoms with Crippen LogP contribution in [0, 0.1) is 5.92 Å². The lowest BCUT2D eigenvalue weighted by Gasteiger charge is -2.24. The molecule has 0 spiro atoms. The number of halogens is 6. The average molecular weight is 265 g/mol. The molecule has 1 fully saturated rings. The maximum Gasteiger partial charge on any atom is 0.401 e. The Hall–Kier alpha value is -0.500. The van der Waals surface area contributed by atoms with E-state index in [1.54, 1.807) is 0 Å². The summed E-state index contributed by atoms with van der Waals surface area (Å²) in [5.41, 5.74) is 0. The highest BCUT2D eigenvalue weighted by Gasteiger charge is 2.49. The van der Waals surface area contributed by atoms with Crippen LogP contribution in [0.2, 0.25) is 0 Å². The molecule has 0 aliphatic carbocycles. The van der Waals surface area contributed by atoms with Crippen molar-refractivity contribution in [2.75, 3.05) is 26.8 Å². The Morgan fingerprint density at radius 3 is 2.18 bits per heavy atom. The number of hydrogen-bond donors (Lipinski definition) is 0. The molecule has 2 atom stereocenters. The maximum atomic E-state index is 12.4. The van der Waals surface area contributed by atoms with E-state index in [0.29, 0.717) is 0 Å². The van der Waals surface area contributed by atoms with E-state index in [4.69, 9.17) is 0 Å². The largest absolute Gasteiger partial charge is 0.401 e. The van der Waals surface area contributed by atoms with Crippen molar-refractivity contribution in [2.24, 2.45) is 5.92 Å². The molecule has 0 N–H and O–H groups in total. The monoisotopic (exact) mass is 265 g/mol. The van der Waals surface area contributed by atoms with E-state index in [1.807, 2.05) is 0 Å². The number of nitrogens with zero attached hydrogens (tertiary/aromatic N) is 1. The minimum absolute atomic E-state index is 0.122. The third-order valence-corrected chi connectivity index (χ3v) is 2.73. The molecule has 1 aliphatic rings. The molecular formula is C9H13F6NO. The Morgan fingerprint density at radius 1 is 1.18 bits per heavy atom. The molecule has 0 saturated carbocycles. The fourth-order valence-corrected chi connectivity index (χ4v) is 2.01. The van der Waals surface area contributed by atoms with Crippen LogP contribution >= 0.6 is 0 Å². The summed E-state index contributed by atoms with van der Waals surface area (Å²) in [6, 6.07) is -0.826.